The number of nitrogens with zero attached hydrogens (tertiary/aromatic N) is 1. The molecule has 1 atom stereocenters. The molecule has 1 aromatic carbocycles. The van der Waals surface area contributed by atoms with E-state index in [0.29, 0.717) is 31.9 Å². The molecule has 0 aromatic heterocycles. The SMILES string of the molecule is C[C@@H]1CC(=O)Nc2ccccc2N1C(=O)C[NH+]1CCOCC1. The van der Waals surface area contributed by atoms with E-state index in [4.69, 9.17) is 4.74 Å². The van der Waals surface area contributed by atoms with Crippen LogP contribution < -0.4 is 15.1 Å². The van der Waals surface area contributed by atoms with E-state index in [2.05, 4.69) is 5.32 Å². The van der Waals surface area contributed by atoms with E-state index < -0.39 is 0 Å². The smallest absolute Gasteiger partial charge is 0.282 e. The number of rotatable bonds is 2. The van der Waals surface area contributed by atoms with Crippen molar-refractivity contribution in [1.82, 2.24) is 0 Å². The van der Waals surface area contributed by atoms with Gasteiger partial charge in [0.05, 0.1) is 24.6 Å². The Morgan fingerprint density at radius 2 is 2.09 bits per heavy atom. The summed E-state index contributed by atoms with van der Waals surface area (Å²) in [6, 6.07) is 7.35. The van der Waals surface area contributed by atoms with Gasteiger partial charge in [-0.3, -0.25) is 9.59 Å². The number of quaternary nitrogens is 1. The topological polar surface area (TPSA) is 63.1 Å². The number of carbonyl (C=O) groups is 2. The second-order valence-corrected chi connectivity index (χ2v) is 5.92. The van der Waals surface area contributed by atoms with E-state index in [1.165, 1.54) is 4.90 Å². The normalized spacial score (nSPS) is 22.7. The Kier molecular flexibility index (Phi) is 4.40. The van der Waals surface area contributed by atoms with Crippen molar-refractivity contribution in [3.8, 4) is 0 Å². The molecule has 0 spiro atoms. The zero-order chi connectivity index (χ0) is 15.5. The molecule has 0 unspecified atom stereocenters. The van der Waals surface area contributed by atoms with Crippen molar-refractivity contribution >= 4 is 23.2 Å². The first-order valence-electron chi connectivity index (χ1n) is 7.77. The molecule has 0 radical (unpaired) electrons. The predicted molar refractivity (Wildman–Crippen MR) is 83.0 cm³/mol. The van der Waals surface area contributed by atoms with Gasteiger partial charge in [0.25, 0.3) is 5.91 Å². The first kappa shape index (κ1) is 15.0. The Bertz CT molecular complexity index is 570. The number of para-hydroxylation sites is 2. The summed E-state index contributed by atoms with van der Waals surface area (Å²) in [7, 11) is 0. The summed E-state index contributed by atoms with van der Waals surface area (Å²) in [5.74, 6) is 0.0160. The van der Waals surface area contributed by atoms with Crippen molar-refractivity contribution in [2.24, 2.45) is 0 Å². The van der Waals surface area contributed by atoms with Crippen LogP contribution in [-0.2, 0) is 14.3 Å². The van der Waals surface area contributed by atoms with Crippen molar-refractivity contribution in [1.29, 1.82) is 0 Å². The minimum absolute atomic E-state index is 0.0473. The molecule has 118 valence electrons. The summed E-state index contributed by atoms with van der Waals surface area (Å²) >= 11 is 0. The van der Waals surface area contributed by atoms with Crippen LogP contribution in [0.25, 0.3) is 0 Å². The van der Waals surface area contributed by atoms with Gasteiger partial charge in [0.1, 0.15) is 13.1 Å². The van der Waals surface area contributed by atoms with Gasteiger partial charge < -0.3 is 19.9 Å². The van der Waals surface area contributed by atoms with E-state index in [-0.39, 0.29) is 17.9 Å². The molecule has 3 rings (SSSR count). The van der Waals surface area contributed by atoms with Crippen LogP contribution in [0.2, 0.25) is 0 Å². The minimum Gasteiger partial charge on any atom is -0.370 e. The second-order valence-electron chi connectivity index (χ2n) is 5.92. The minimum atomic E-state index is -0.142. The Morgan fingerprint density at radius 1 is 1.36 bits per heavy atom. The molecule has 1 saturated heterocycles. The molecular weight excluding hydrogens is 282 g/mol. The third-order valence-corrected chi connectivity index (χ3v) is 4.23. The molecule has 2 aliphatic heterocycles. The summed E-state index contributed by atoms with van der Waals surface area (Å²) in [5, 5.41) is 2.88. The molecule has 2 amide bonds. The van der Waals surface area contributed by atoms with Crippen LogP contribution in [0.4, 0.5) is 11.4 Å². The predicted octanol–water partition coefficient (Wildman–Crippen LogP) is -0.335. The van der Waals surface area contributed by atoms with Gasteiger partial charge in [-0.05, 0) is 19.1 Å². The molecule has 6 nitrogen and oxygen atoms in total. The van der Waals surface area contributed by atoms with Gasteiger partial charge in [-0.1, -0.05) is 12.1 Å². The Morgan fingerprint density at radius 3 is 2.86 bits per heavy atom. The van der Waals surface area contributed by atoms with E-state index in [1.54, 1.807) is 4.90 Å². The number of nitrogens with one attached hydrogen (secondary N) is 2. The number of hydrogen-bond donors (Lipinski definition) is 2. The maximum atomic E-state index is 12.8. The van der Waals surface area contributed by atoms with Gasteiger partial charge in [0.2, 0.25) is 5.91 Å². The maximum Gasteiger partial charge on any atom is 0.282 e. The first-order valence-corrected chi connectivity index (χ1v) is 7.77. The highest BCUT2D eigenvalue weighted by Gasteiger charge is 2.31. The summed E-state index contributed by atoms with van der Waals surface area (Å²) < 4.78 is 5.34. The van der Waals surface area contributed by atoms with Gasteiger partial charge in [-0.25, -0.2) is 0 Å². The highest BCUT2D eigenvalue weighted by Crippen LogP contribution is 2.30. The number of carbonyl (C=O) groups excluding carboxylic acids is 2. The molecule has 2 aliphatic rings. The van der Waals surface area contributed by atoms with E-state index >= 15 is 0 Å². The van der Waals surface area contributed by atoms with Crippen molar-refractivity contribution in [3.05, 3.63) is 24.3 Å². The van der Waals surface area contributed by atoms with Crippen LogP contribution in [0, 0.1) is 0 Å². The summed E-state index contributed by atoms with van der Waals surface area (Å²) in [5.41, 5.74) is 1.50. The number of amides is 2. The number of benzene rings is 1. The third kappa shape index (κ3) is 3.13. The standard InChI is InChI=1S/C16H21N3O3/c1-12-10-15(20)17-13-4-2-3-5-14(13)19(12)16(21)11-18-6-8-22-9-7-18/h2-5,12H,6-11H2,1H3,(H,17,20)/p+1/t12-/m1/s1. The lowest BCUT2D eigenvalue weighted by Crippen LogP contribution is -3.15. The lowest BCUT2D eigenvalue weighted by atomic mass is 10.1. The van der Waals surface area contributed by atoms with Crippen LogP contribution in [0.3, 0.4) is 0 Å². The average Bonchev–Trinajstić information content (AvgIpc) is 2.62. The Balaban J connectivity index is 1.83. The largest absolute Gasteiger partial charge is 0.370 e. The molecule has 0 bridgehead atoms. The molecule has 0 aliphatic carbocycles. The third-order valence-electron chi connectivity index (χ3n) is 4.23. The molecular formula is C16H22N3O3+. The van der Waals surface area contributed by atoms with E-state index in [1.807, 2.05) is 31.2 Å². The van der Waals surface area contributed by atoms with Crippen LogP contribution in [0.1, 0.15) is 13.3 Å². The van der Waals surface area contributed by atoms with Crippen LogP contribution in [0.5, 0.6) is 0 Å². The van der Waals surface area contributed by atoms with Crippen LogP contribution >= 0.6 is 0 Å². The fourth-order valence-corrected chi connectivity index (χ4v) is 3.10. The second kappa shape index (κ2) is 6.46. The average molecular weight is 304 g/mol. The molecule has 22 heavy (non-hydrogen) atoms. The number of anilines is 2. The van der Waals surface area contributed by atoms with E-state index in [9.17, 15) is 9.59 Å². The Hall–Kier alpha value is -1.92. The van der Waals surface area contributed by atoms with Crippen LogP contribution in [-0.4, -0.2) is 50.7 Å². The van der Waals surface area contributed by atoms with Crippen molar-refractivity contribution in [2.45, 2.75) is 19.4 Å². The molecule has 1 aromatic rings. The van der Waals surface area contributed by atoms with Gasteiger partial charge in [0, 0.05) is 12.5 Å². The quantitative estimate of drug-likeness (QED) is 0.786. The van der Waals surface area contributed by atoms with Crippen LogP contribution in [0.15, 0.2) is 24.3 Å². The zero-order valence-electron chi connectivity index (χ0n) is 12.8. The number of fused-ring (bicyclic) bond motifs is 1. The fourth-order valence-electron chi connectivity index (χ4n) is 3.10. The van der Waals surface area contributed by atoms with Crippen molar-refractivity contribution < 1.29 is 19.2 Å². The number of morpholine rings is 1. The van der Waals surface area contributed by atoms with Gasteiger partial charge in [-0.2, -0.15) is 0 Å². The molecule has 2 heterocycles. The maximum absolute atomic E-state index is 12.8. The molecule has 0 saturated carbocycles. The van der Waals surface area contributed by atoms with Crippen molar-refractivity contribution in [2.75, 3.05) is 43.1 Å². The highest BCUT2D eigenvalue weighted by atomic mass is 16.5. The zero-order valence-corrected chi connectivity index (χ0v) is 12.8. The van der Waals surface area contributed by atoms with Gasteiger partial charge in [0.15, 0.2) is 6.54 Å². The number of hydrogen-bond acceptors (Lipinski definition) is 3. The summed E-state index contributed by atoms with van der Waals surface area (Å²) in [6.07, 6.45) is 0.318. The monoisotopic (exact) mass is 304 g/mol. The summed E-state index contributed by atoms with van der Waals surface area (Å²) in [4.78, 5) is 27.8. The lowest BCUT2D eigenvalue weighted by molar-refractivity contribution is -0.900. The molecule has 1 fully saturated rings. The van der Waals surface area contributed by atoms with Crippen molar-refractivity contribution in [3.63, 3.8) is 0 Å². The Labute approximate surface area is 130 Å². The lowest BCUT2D eigenvalue weighted by Gasteiger charge is -2.30. The first-order chi connectivity index (χ1) is 10.6. The molecule has 6 heteroatoms. The van der Waals surface area contributed by atoms with Gasteiger partial charge >= 0.3 is 0 Å². The van der Waals surface area contributed by atoms with Gasteiger partial charge in [-0.15, -0.1) is 0 Å². The molecule has 2 N–H and O–H groups in total. The summed E-state index contributed by atoms with van der Waals surface area (Å²) in [6.45, 7) is 5.48. The fraction of sp³-hybridized carbons (Fsp3) is 0.500. The highest BCUT2D eigenvalue weighted by molar-refractivity contribution is 6.04. The number of ether oxygens (including phenoxy) is 1. The van der Waals surface area contributed by atoms with E-state index in [0.717, 1.165) is 18.8 Å².